The summed E-state index contributed by atoms with van der Waals surface area (Å²) in [7, 11) is -2.38. The van der Waals surface area contributed by atoms with Gasteiger partial charge in [-0.1, -0.05) is 23.7 Å². The number of rotatable bonds is 4. The van der Waals surface area contributed by atoms with Crippen LogP contribution in [0, 0.1) is 12.7 Å². The van der Waals surface area contributed by atoms with Crippen LogP contribution in [-0.2, 0) is 10.0 Å². The lowest BCUT2D eigenvalue weighted by molar-refractivity contribution is 0.102. The molecule has 0 radical (unpaired) electrons. The molecule has 0 atom stereocenters. The van der Waals surface area contributed by atoms with Gasteiger partial charge in [0, 0.05) is 5.69 Å². The lowest BCUT2D eigenvalue weighted by atomic mass is 10.1. The number of hydrogen-bond donors (Lipinski definition) is 2. The minimum absolute atomic E-state index is 0.0254. The van der Waals surface area contributed by atoms with Crippen LogP contribution >= 0.6 is 11.6 Å². The van der Waals surface area contributed by atoms with Crippen LogP contribution in [0.15, 0.2) is 41.3 Å². The summed E-state index contributed by atoms with van der Waals surface area (Å²) in [5.74, 6) is -1.52. The molecule has 0 aliphatic carbocycles. The molecular formula is C15H14ClFN2O3S. The fourth-order valence-electron chi connectivity index (χ4n) is 1.99. The number of benzene rings is 2. The van der Waals surface area contributed by atoms with Crippen LogP contribution in [0.5, 0.6) is 0 Å². The van der Waals surface area contributed by atoms with E-state index in [0.717, 1.165) is 6.07 Å². The molecule has 0 aromatic heterocycles. The van der Waals surface area contributed by atoms with Gasteiger partial charge in [-0.05, 0) is 43.8 Å². The first kappa shape index (κ1) is 17.4. The number of aryl methyl sites for hydroxylation is 1. The van der Waals surface area contributed by atoms with Crippen molar-refractivity contribution in [2.75, 3.05) is 12.4 Å². The molecule has 0 aliphatic rings. The summed E-state index contributed by atoms with van der Waals surface area (Å²) in [6.45, 7) is 1.63. The van der Waals surface area contributed by atoms with Gasteiger partial charge >= 0.3 is 0 Å². The highest BCUT2D eigenvalue weighted by molar-refractivity contribution is 7.89. The molecule has 0 fully saturated rings. The van der Waals surface area contributed by atoms with E-state index in [0.29, 0.717) is 5.56 Å². The zero-order valence-corrected chi connectivity index (χ0v) is 13.9. The Morgan fingerprint density at radius 1 is 1.22 bits per heavy atom. The summed E-state index contributed by atoms with van der Waals surface area (Å²) in [4.78, 5) is 12.2. The Hall–Kier alpha value is -1.96. The predicted octanol–water partition coefficient (Wildman–Crippen LogP) is 2.95. The lowest BCUT2D eigenvalue weighted by Gasteiger charge is -2.11. The van der Waals surface area contributed by atoms with Gasteiger partial charge in [0.2, 0.25) is 10.0 Å². The summed E-state index contributed by atoms with van der Waals surface area (Å²) < 4.78 is 39.8. The fourth-order valence-corrected chi connectivity index (χ4v) is 3.23. The van der Waals surface area contributed by atoms with E-state index in [1.165, 1.54) is 31.3 Å². The minimum Gasteiger partial charge on any atom is -0.322 e. The van der Waals surface area contributed by atoms with Crippen molar-refractivity contribution in [1.29, 1.82) is 0 Å². The number of hydrogen-bond acceptors (Lipinski definition) is 3. The number of halogens is 2. The van der Waals surface area contributed by atoms with Crippen LogP contribution in [0.3, 0.4) is 0 Å². The minimum atomic E-state index is -3.67. The number of sulfonamides is 1. The van der Waals surface area contributed by atoms with Crippen LogP contribution < -0.4 is 10.0 Å². The Kier molecular flexibility index (Phi) is 5.03. The van der Waals surface area contributed by atoms with Crippen molar-refractivity contribution in [2.45, 2.75) is 11.8 Å². The highest BCUT2D eigenvalue weighted by Crippen LogP contribution is 2.23. The molecule has 0 unspecified atom stereocenters. The maximum atomic E-state index is 13.7. The standard InChI is InChI=1S/C15H14ClFN2O3S/c1-9-6-7-10(8-13(9)23(21,22)18-2)19-15(20)14-11(16)4-3-5-12(14)17/h3-8,18H,1-2H3,(H,19,20). The monoisotopic (exact) mass is 356 g/mol. The molecule has 0 saturated heterocycles. The van der Waals surface area contributed by atoms with Gasteiger partial charge in [0.15, 0.2) is 0 Å². The third kappa shape index (κ3) is 3.69. The van der Waals surface area contributed by atoms with Gasteiger partial charge in [-0.15, -0.1) is 0 Å². The zero-order chi connectivity index (χ0) is 17.2. The van der Waals surface area contributed by atoms with Crippen molar-refractivity contribution in [3.05, 3.63) is 58.4 Å². The molecule has 2 aromatic carbocycles. The average Bonchev–Trinajstić information content (AvgIpc) is 2.49. The summed E-state index contributed by atoms with van der Waals surface area (Å²) in [6, 6.07) is 8.27. The van der Waals surface area contributed by atoms with Crippen LogP contribution in [-0.4, -0.2) is 21.4 Å². The molecule has 23 heavy (non-hydrogen) atoms. The van der Waals surface area contributed by atoms with Crippen LogP contribution in [0.4, 0.5) is 10.1 Å². The molecule has 2 aromatic rings. The van der Waals surface area contributed by atoms with Gasteiger partial charge < -0.3 is 5.32 Å². The second-order valence-electron chi connectivity index (χ2n) is 4.74. The molecule has 0 spiro atoms. The Balaban J connectivity index is 2.38. The first-order valence-corrected chi connectivity index (χ1v) is 8.42. The second-order valence-corrected chi connectivity index (χ2v) is 7.00. The molecule has 2 N–H and O–H groups in total. The molecule has 5 nitrogen and oxygen atoms in total. The summed E-state index contributed by atoms with van der Waals surface area (Å²) in [5.41, 5.74) is 0.433. The maximum absolute atomic E-state index is 13.7. The largest absolute Gasteiger partial charge is 0.322 e. The summed E-state index contributed by atoms with van der Waals surface area (Å²) >= 11 is 5.84. The third-order valence-corrected chi connectivity index (χ3v) is 5.07. The van der Waals surface area contributed by atoms with E-state index in [2.05, 4.69) is 10.0 Å². The molecule has 0 saturated carbocycles. The van der Waals surface area contributed by atoms with E-state index >= 15 is 0 Å². The Bertz CT molecular complexity index is 849. The number of nitrogens with one attached hydrogen (secondary N) is 2. The Morgan fingerprint density at radius 2 is 1.91 bits per heavy atom. The molecule has 1 amide bonds. The van der Waals surface area contributed by atoms with E-state index in [4.69, 9.17) is 11.6 Å². The smallest absolute Gasteiger partial charge is 0.260 e. The van der Waals surface area contributed by atoms with Crippen LogP contribution in [0.25, 0.3) is 0 Å². The van der Waals surface area contributed by atoms with Crippen molar-refractivity contribution in [2.24, 2.45) is 0 Å². The molecule has 122 valence electrons. The highest BCUT2D eigenvalue weighted by atomic mass is 35.5. The van der Waals surface area contributed by atoms with Gasteiger partial charge in [0.05, 0.1) is 15.5 Å². The van der Waals surface area contributed by atoms with Crippen molar-refractivity contribution < 1.29 is 17.6 Å². The maximum Gasteiger partial charge on any atom is 0.260 e. The molecule has 0 heterocycles. The normalized spacial score (nSPS) is 11.3. The predicted molar refractivity (Wildman–Crippen MR) is 86.8 cm³/mol. The Labute approximate surface area is 138 Å². The zero-order valence-electron chi connectivity index (χ0n) is 12.4. The first-order chi connectivity index (χ1) is 10.8. The lowest BCUT2D eigenvalue weighted by Crippen LogP contribution is -2.20. The number of carbonyl (C=O) groups is 1. The first-order valence-electron chi connectivity index (χ1n) is 6.56. The average molecular weight is 357 g/mol. The van der Waals surface area contributed by atoms with E-state index in [-0.39, 0.29) is 21.2 Å². The molecule has 2 rings (SSSR count). The van der Waals surface area contributed by atoms with Gasteiger partial charge in [0.25, 0.3) is 5.91 Å². The van der Waals surface area contributed by atoms with Gasteiger partial charge in [-0.3, -0.25) is 4.79 Å². The van der Waals surface area contributed by atoms with Crippen molar-refractivity contribution in [1.82, 2.24) is 4.72 Å². The third-order valence-electron chi connectivity index (χ3n) is 3.19. The number of anilines is 1. The van der Waals surface area contributed by atoms with Crippen molar-refractivity contribution in [3.63, 3.8) is 0 Å². The van der Waals surface area contributed by atoms with Gasteiger partial charge in [-0.25, -0.2) is 17.5 Å². The van der Waals surface area contributed by atoms with E-state index < -0.39 is 21.7 Å². The van der Waals surface area contributed by atoms with Gasteiger partial charge in [0.1, 0.15) is 5.82 Å². The SMILES string of the molecule is CNS(=O)(=O)c1cc(NC(=O)c2c(F)cccc2Cl)ccc1C. The van der Waals surface area contributed by atoms with Crippen molar-refractivity contribution >= 4 is 33.2 Å². The molecular weight excluding hydrogens is 343 g/mol. The van der Waals surface area contributed by atoms with Crippen LogP contribution in [0.1, 0.15) is 15.9 Å². The quantitative estimate of drug-likeness (QED) is 0.884. The van der Waals surface area contributed by atoms with Crippen LogP contribution in [0.2, 0.25) is 5.02 Å². The molecule has 8 heteroatoms. The topological polar surface area (TPSA) is 75.3 Å². The summed E-state index contributed by atoms with van der Waals surface area (Å²) in [6.07, 6.45) is 0. The molecule has 0 aliphatic heterocycles. The van der Waals surface area contributed by atoms with E-state index in [9.17, 15) is 17.6 Å². The molecule has 0 bridgehead atoms. The fraction of sp³-hybridized carbons (Fsp3) is 0.133. The summed E-state index contributed by atoms with van der Waals surface area (Å²) in [5, 5.41) is 2.42. The Morgan fingerprint density at radius 3 is 2.52 bits per heavy atom. The number of carbonyl (C=O) groups excluding carboxylic acids is 1. The second kappa shape index (κ2) is 6.66. The number of amides is 1. The van der Waals surface area contributed by atoms with E-state index in [1.807, 2.05) is 0 Å². The highest BCUT2D eigenvalue weighted by Gasteiger charge is 2.18. The van der Waals surface area contributed by atoms with Crippen molar-refractivity contribution in [3.8, 4) is 0 Å². The van der Waals surface area contributed by atoms with Gasteiger partial charge in [-0.2, -0.15) is 0 Å². The van der Waals surface area contributed by atoms with E-state index in [1.54, 1.807) is 13.0 Å².